The predicted molar refractivity (Wildman–Crippen MR) is 117 cm³/mol. The summed E-state index contributed by atoms with van der Waals surface area (Å²) in [4.78, 5) is 0. The average Bonchev–Trinajstić information content (AvgIpc) is 3.49. The zero-order valence-corrected chi connectivity index (χ0v) is 17.8. The number of thioether (sulfide) groups is 1. The van der Waals surface area contributed by atoms with Crippen LogP contribution in [0.2, 0.25) is 0 Å². The predicted octanol–water partition coefficient (Wildman–Crippen LogP) is 3.77. The number of methoxy groups -OCH3 is 1. The summed E-state index contributed by atoms with van der Waals surface area (Å²) < 4.78 is 22.2. The molecule has 158 valence electrons. The van der Waals surface area contributed by atoms with Crippen LogP contribution in [0.15, 0.2) is 53.7 Å². The van der Waals surface area contributed by atoms with E-state index in [9.17, 15) is 4.39 Å². The number of para-hydroxylation sites is 1. The van der Waals surface area contributed by atoms with Crippen LogP contribution in [0.25, 0.3) is 17.1 Å². The summed E-state index contributed by atoms with van der Waals surface area (Å²) in [5.41, 5.74) is 5.13. The molecular formula is C22H21FN6OS. The van der Waals surface area contributed by atoms with Crippen molar-refractivity contribution < 1.29 is 9.13 Å². The second-order valence-electron chi connectivity index (χ2n) is 7.28. The molecule has 0 saturated heterocycles. The number of aromatic nitrogens is 5. The lowest BCUT2D eigenvalue weighted by Crippen LogP contribution is -2.12. The minimum absolute atomic E-state index is 0.253. The van der Waals surface area contributed by atoms with Crippen LogP contribution in [0.3, 0.4) is 0 Å². The Bertz CT molecular complexity index is 1230. The summed E-state index contributed by atoms with van der Waals surface area (Å²) in [5, 5.41) is 14.0. The third kappa shape index (κ3) is 3.54. The highest BCUT2D eigenvalue weighted by atomic mass is 32.2. The molecule has 2 N–H and O–H groups in total. The molecule has 9 heteroatoms. The van der Waals surface area contributed by atoms with Gasteiger partial charge in [0, 0.05) is 11.4 Å². The number of rotatable bonds is 6. The number of nitrogens with two attached hydrogens (primary N) is 1. The minimum atomic E-state index is -0.253. The van der Waals surface area contributed by atoms with Gasteiger partial charge in [-0.2, -0.15) is 5.10 Å². The highest BCUT2D eigenvalue weighted by Crippen LogP contribution is 2.33. The Balaban J connectivity index is 1.41. The molecule has 0 atom stereocenters. The molecule has 0 aliphatic heterocycles. The number of ether oxygens (including phenoxy) is 1. The van der Waals surface area contributed by atoms with Gasteiger partial charge in [0.25, 0.3) is 0 Å². The van der Waals surface area contributed by atoms with Gasteiger partial charge in [-0.1, -0.05) is 23.9 Å². The van der Waals surface area contributed by atoms with E-state index in [4.69, 9.17) is 15.7 Å². The maximum atomic E-state index is 13.3. The lowest BCUT2D eigenvalue weighted by atomic mass is 10.2. The number of nitrogen functional groups attached to an aromatic ring is 1. The largest absolute Gasteiger partial charge is 0.496 e. The van der Waals surface area contributed by atoms with Crippen molar-refractivity contribution in [2.24, 2.45) is 0 Å². The van der Waals surface area contributed by atoms with Gasteiger partial charge in [0.1, 0.15) is 11.6 Å². The molecule has 2 aromatic carbocycles. The van der Waals surface area contributed by atoms with Gasteiger partial charge in [-0.25, -0.2) is 13.7 Å². The first-order chi connectivity index (χ1) is 15.2. The molecule has 4 aromatic rings. The van der Waals surface area contributed by atoms with Crippen molar-refractivity contribution >= 4 is 11.8 Å². The zero-order valence-electron chi connectivity index (χ0n) is 17.0. The molecule has 0 saturated carbocycles. The van der Waals surface area contributed by atoms with E-state index < -0.39 is 0 Å². The van der Waals surface area contributed by atoms with E-state index in [0.717, 1.165) is 36.2 Å². The standard InChI is InChI=1S/C22H21FN6OS/c1-30-20-8-3-2-5-17(20)21-25-26-22(28(21)24)31-13-18-16-6-4-7-19(16)29(27-18)15-11-9-14(23)10-12-15/h2-3,5,8-12H,4,6-7,13,24H2,1H3. The fourth-order valence-electron chi connectivity index (χ4n) is 3.95. The summed E-state index contributed by atoms with van der Waals surface area (Å²) in [6.07, 6.45) is 3.06. The summed E-state index contributed by atoms with van der Waals surface area (Å²) >= 11 is 1.49. The van der Waals surface area contributed by atoms with Crippen molar-refractivity contribution in [1.82, 2.24) is 24.7 Å². The zero-order chi connectivity index (χ0) is 21.4. The summed E-state index contributed by atoms with van der Waals surface area (Å²) in [5.74, 6) is 7.90. The molecular weight excluding hydrogens is 415 g/mol. The van der Waals surface area contributed by atoms with E-state index in [1.165, 1.54) is 39.8 Å². The Morgan fingerprint density at radius 1 is 1.10 bits per heavy atom. The second-order valence-corrected chi connectivity index (χ2v) is 8.22. The molecule has 0 amide bonds. The maximum absolute atomic E-state index is 13.3. The fourth-order valence-corrected chi connectivity index (χ4v) is 4.77. The second kappa shape index (κ2) is 8.07. The molecule has 5 rings (SSSR count). The van der Waals surface area contributed by atoms with Crippen LogP contribution in [0, 0.1) is 5.82 Å². The van der Waals surface area contributed by atoms with Crippen LogP contribution < -0.4 is 10.6 Å². The van der Waals surface area contributed by atoms with Crippen molar-refractivity contribution in [2.45, 2.75) is 30.2 Å². The Kier molecular flexibility index (Phi) is 5.11. The lowest BCUT2D eigenvalue weighted by molar-refractivity contribution is 0.416. The summed E-state index contributed by atoms with van der Waals surface area (Å²) in [6.45, 7) is 0. The molecule has 2 heterocycles. The van der Waals surface area contributed by atoms with Crippen molar-refractivity contribution in [1.29, 1.82) is 0 Å². The number of hydrogen-bond donors (Lipinski definition) is 1. The Morgan fingerprint density at radius 3 is 2.71 bits per heavy atom. The molecule has 1 aliphatic carbocycles. The van der Waals surface area contributed by atoms with Gasteiger partial charge in [0.2, 0.25) is 5.16 Å². The van der Waals surface area contributed by atoms with Gasteiger partial charge in [0.15, 0.2) is 5.82 Å². The van der Waals surface area contributed by atoms with E-state index in [2.05, 4.69) is 10.2 Å². The molecule has 0 fully saturated rings. The van der Waals surface area contributed by atoms with Crippen LogP contribution in [0.5, 0.6) is 5.75 Å². The van der Waals surface area contributed by atoms with Gasteiger partial charge in [-0.15, -0.1) is 10.2 Å². The fraction of sp³-hybridized carbons (Fsp3) is 0.227. The van der Waals surface area contributed by atoms with Gasteiger partial charge in [-0.05, 0) is 61.2 Å². The Hall–Kier alpha value is -3.33. The Morgan fingerprint density at radius 2 is 1.90 bits per heavy atom. The summed E-state index contributed by atoms with van der Waals surface area (Å²) in [6, 6.07) is 14.0. The molecule has 7 nitrogen and oxygen atoms in total. The van der Waals surface area contributed by atoms with Crippen molar-refractivity contribution in [3.63, 3.8) is 0 Å². The number of halogens is 1. The smallest absolute Gasteiger partial charge is 0.210 e. The highest BCUT2D eigenvalue weighted by Gasteiger charge is 2.24. The normalized spacial score (nSPS) is 12.8. The van der Waals surface area contributed by atoms with Crippen LogP contribution in [0.4, 0.5) is 4.39 Å². The quantitative estimate of drug-likeness (QED) is 0.366. The van der Waals surface area contributed by atoms with E-state index in [0.29, 0.717) is 22.5 Å². The first-order valence-corrected chi connectivity index (χ1v) is 11.0. The molecule has 0 bridgehead atoms. The molecule has 0 radical (unpaired) electrons. The van der Waals surface area contributed by atoms with E-state index in [1.807, 2.05) is 28.9 Å². The van der Waals surface area contributed by atoms with Gasteiger partial charge >= 0.3 is 0 Å². The third-order valence-electron chi connectivity index (χ3n) is 5.44. The van der Waals surface area contributed by atoms with Gasteiger partial charge in [0.05, 0.1) is 24.1 Å². The molecule has 31 heavy (non-hydrogen) atoms. The van der Waals surface area contributed by atoms with Crippen molar-refractivity contribution in [3.05, 3.63) is 71.3 Å². The number of fused-ring (bicyclic) bond motifs is 1. The van der Waals surface area contributed by atoms with Crippen molar-refractivity contribution in [3.8, 4) is 22.8 Å². The first-order valence-electron chi connectivity index (χ1n) is 9.98. The average molecular weight is 437 g/mol. The number of benzene rings is 2. The molecule has 0 unspecified atom stereocenters. The van der Waals surface area contributed by atoms with E-state index >= 15 is 0 Å². The van der Waals surface area contributed by atoms with Gasteiger partial charge < -0.3 is 10.6 Å². The number of hydrogen-bond acceptors (Lipinski definition) is 6. The van der Waals surface area contributed by atoms with Gasteiger partial charge in [-0.3, -0.25) is 0 Å². The topological polar surface area (TPSA) is 83.8 Å². The first kappa shape index (κ1) is 19.6. The molecule has 1 aliphatic rings. The summed E-state index contributed by atoms with van der Waals surface area (Å²) in [7, 11) is 1.61. The molecule has 0 spiro atoms. The molecule has 2 aromatic heterocycles. The van der Waals surface area contributed by atoms with E-state index in [1.54, 1.807) is 19.2 Å². The lowest BCUT2D eigenvalue weighted by Gasteiger charge is -2.07. The van der Waals surface area contributed by atoms with Crippen LogP contribution in [0.1, 0.15) is 23.4 Å². The van der Waals surface area contributed by atoms with Crippen LogP contribution >= 0.6 is 11.8 Å². The number of nitrogens with zero attached hydrogens (tertiary/aromatic N) is 5. The van der Waals surface area contributed by atoms with Crippen LogP contribution in [-0.2, 0) is 18.6 Å². The monoisotopic (exact) mass is 436 g/mol. The minimum Gasteiger partial charge on any atom is -0.496 e. The van der Waals surface area contributed by atoms with Crippen LogP contribution in [-0.4, -0.2) is 31.8 Å². The van der Waals surface area contributed by atoms with E-state index in [-0.39, 0.29) is 5.82 Å². The highest BCUT2D eigenvalue weighted by molar-refractivity contribution is 7.98. The Labute approximate surface area is 183 Å². The third-order valence-corrected chi connectivity index (χ3v) is 6.39. The van der Waals surface area contributed by atoms with Crippen molar-refractivity contribution in [2.75, 3.05) is 13.0 Å². The SMILES string of the molecule is COc1ccccc1-c1nnc(SCc2nn(-c3ccc(F)cc3)c3c2CCC3)n1N. The maximum Gasteiger partial charge on any atom is 0.210 e.